The number of imide groups is 1. The number of rotatable bonds is 4. The van der Waals surface area contributed by atoms with E-state index in [0.29, 0.717) is 12.2 Å². The Balaban J connectivity index is 1.58. The number of carbonyl (C=O) groups is 3. The van der Waals surface area contributed by atoms with E-state index in [4.69, 9.17) is 0 Å². The summed E-state index contributed by atoms with van der Waals surface area (Å²) in [7, 11) is 0. The minimum absolute atomic E-state index is 0.132. The summed E-state index contributed by atoms with van der Waals surface area (Å²) in [6.07, 6.45) is 8.04. The Labute approximate surface area is 146 Å². The summed E-state index contributed by atoms with van der Waals surface area (Å²) >= 11 is 0. The molecule has 1 N–H and O–H groups in total. The second-order valence-corrected chi connectivity index (χ2v) is 7.02. The third-order valence-corrected chi connectivity index (χ3v) is 5.71. The van der Waals surface area contributed by atoms with Crippen molar-refractivity contribution in [2.24, 2.45) is 23.7 Å². The minimum Gasteiger partial charge on any atom is -0.309 e. The van der Waals surface area contributed by atoms with Gasteiger partial charge in [0, 0.05) is 6.20 Å². The molecular weight excluding hydrogens is 318 g/mol. The lowest BCUT2D eigenvalue weighted by Crippen LogP contribution is -2.47. The van der Waals surface area contributed by atoms with Crippen LogP contribution in [-0.2, 0) is 14.4 Å². The van der Waals surface area contributed by atoms with Crippen molar-refractivity contribution in [2.45, 2.75) is 32.2 Å². The first-order valence-corrected chi connectivity index (χ1v) is 8.89. The van der Waals surface area contributed by atoms with E-state index in [1.165, 1.54) is 4.90 Å². The maximum Gasteiger partial charge on any atom is 0.248 e. The second kappa shape index (κ2) is 6.10. The highest BCUT2D eigenvalue weighted by Crippen LogP contribution is 2.50. The van der Waals surface area contributed by atoms with Crippen molar-refractivity contribution in [3.8, 4) is 0 Å². The number of hydrogen-bond donors (Lipinski definition) is 1. The van der Waals surface area contributed by atoms with Gasteiger partial charge in [-0.1, -0.05) is 25.1 Å². The number of carbonyl (C=O) groups excluding carboxylic acids is 3. The normalized spacial score (nSPS) is 31.2. The Morgan fingerprint density at radius 1 is 1.20 bits per heavy atom. The molecule has 5 rings (SSSR count). The predicted octanol–water partition coefficient (Wildman–Crippen LogP) is 2.00. The van der Waals surface area contributed by atoms with Crippen LogP contribution in [0.2, 0.25) is 0 Å². The van der Waals surface area contributed by atoms with Crippen LogP contribution in [0.3, 0.4) is 0 Å². The molecule has 6 heteroatoms. The summed E-state index contributed by atoms with van der Waals surface area (Å²) < 4.78 is 0. The third kappa shape index (κ3) is 2.47. The van der Waals surface area contributed by atoms with Crippen LogP contribution in [-0.4, -0.2) is 33.6 Å². The van der Waals surface area contributed by atoms with Gasteiger partial charge in [-0.25, -0.2) is 4.98 Å². The second-order valence-electron chi connectivity index (χ2n) is 7.02. The molecular formula is C19H21N3O3. The molecule has 0 aromatic carbocycles. The molecule has 4 aliphatic rings. The highest BCUT2D eigenvalue weighted by Gasteiger charge is 2.58. The van der Waals surface area contributed by atoms with Crippen molar-refractivity contribution in [3.05, 3.63) is 36.5 Å². The third-order valence-electron chi connectivity index (χ3n) is 5.71. The van der Waals surface area contributed by atoms with Crippen LogP contribution in [0.1, 0.15) is 26.2 Å². The summed E-state index contributed by atoms with van der Waals surface area (Å²) in [5, 5.41) is 2.72. The predicted molar refractivity (Wildman–Crippen MR) is 91.1 cm³/mol. The molecule has 1 aliphatic heterocycles. The van der Waals surface area contributed by atoms with Crippen molar-refractivity contribution in [1.82, 2.24) is 9.88 Å². The van der Waals surface area contributed by atoms with E-state index in [1.54, 1.807) is 24.4 Å². The minimum atomic E-state index is -0.785. The summed E-state index contributed by atoms with van der Waals surface area (Å²) in [5.74, 6) is -0.610. The largest absolute Gasteiger partial charge is 0.309 e. The number of fused-ring (bicyclic) bond motifs is 1. The molecule has 2 heterocycles. The standard InChI is InChI=1S/C19H21N3O3/c1-2-13(17(23)21-14-5-3-4-10-20-14)22-18(24)15-11-6-7-12(9-8-11)16(15)19(22)25/h3-7,10-13,15-16H,2,8-9H2,1H3,(H,20,21,23)/t11-,12-,13-,15-,16+/m0/s1. The Morgan fingerprint density at radius 3 is 2.32 bits per heavy atom. The molecule has 130 valence electrons. The summed E-state index contributed by atoms with van der Waals surface area (Å²) in [4.78, 5) is 43.9. The van der Waals surface area contributed by atoms with Crippen LogP contribution in [0.4, 0.5) is 5.82 Å². The molecule has 3 aliphatic carbocycles. The zero-order valence-electron chi connectivity index (χ0n) is 14.1. The quantitative estimate of drug-likeness (QED) is 0.672. The average molecular weight is 339 g/mol. The molecule has 1 saturated carbocycles. The molecule has 3 amide bonds. The molecule has 0 unspecified atom stereocenters. The summed E-state index contributed by atoms with van der Waals surface area (Å²) in [6, 6.07) is 4.43. The molecule has 5 atom stereocenters. The van der Waals surface area contributed by atoms with E-state index in [2.05, 4.69) is 22.5 Å². The Hall–Kier alpha value is -2.50. The van der Waals surface area contributed by atoms with E-state index < -0.39 is 6.04 Å². The lowest BCUT2D eigenvalue weighted by Gasteiger charge is -2.38. The topological polar surface area (TPSA) is 79.4 Å². The number of allylic oxidation sites excluding steroid dienone is 2. The Kier molecular flexibility index (Phi) is 3.90. The van der Waals surface area contributed by atoms with Gasteiger partial charge in [-0.3, -0.25) is 19.3 Å². The van der Waals surface area contributed by atoms with E-state index in [-0.39, 0.29) is 41.4 Å². The van der Waals surface area contributed by atoms with Crippen molar-refractivity contribution in [2.75, 3.05) is 5.32 Å². The highest BCUT2D eigenvalue weighted by molar-refractivity contribution is 6.10. The first kappa shape index (κ1) is 16.0. The molecule has 2 fully saturated rings. The Morgan fingerprint density at radius 2 is 1.84 bits per heavy atom. The summed E-state index contributed by atoms with van der Waals surface area (Å²) in [6.45, 7) is 1.82. The van der Waals surface area contributed by atoms with Crippen molar-refractivity contribution in [3.63, 3.8) is 0 Å². The van der Waals surface area contributed by atoms with Gasteiger partial charge in [0.05, 0.1) is 11.8 Å². The molecule has 0 spiro atoms. The lowest BCUT2D eigenvalue weighted by molar-refractivity contribution is -0.146. The number of nitrogens with zero attached hydrogens (tertiary/aromatic N) is 2. The van der Waals surface area contributed by atoms with Crippen molar-refractivity contribution in [1.29, 1.82) is 0 Å². The van der Waals surface area contributed by atoms with Crippen LogP contribution >= 0.6 is 0 Å². The Bertz CT molecular complexity index is 714. The van der Waals surface area contributed by atoms with Crippen molar-refractivity contribution < 1.29 is 14.4 Å². The van der Waals surface area contributed by atoms with Gasteiger partial charge in [0.2, 0.25) is 17.7 Å². The fourth-order valence-corrected chi connectivity index (χ4v) is 4.54. The average Bonchev–Trinajstić information content (AvgIpc) is 2.92. The number of pyridine rings is 1. The number of aromatic nitrogens is 1. The molecule has 1 saturated heterocycles. The number of amides is 3. The van der Waals surface area contributed by atoms with E-state index in [0.717, 1.165) is 12.8 Å². The molecule has 25 heavy (non-hydrogen) atoms. The van der Waals surface area contributed by atoms with Crippen LogP contribution in [0, 0.1) is 23.7 Å². The molecule has 1 aromatic heterocycles. The number of anilines is 1. The monoisotopic (exact) mass is 339 g/mol. The van der Waals surface area contributed by atoms with E-state index >= 15 is 0 Å². The van der Waals surface area contributed by atoms with Crippen LogP contribution < -0.4 is 5.32 Å². The van der Waals surface area contributed by atoms with Crippen LogP contribution in [0.15, 0.2) is 36.5 Å². The SMILES string of the molecule is CC[C@@H](C(=O)Nc1ccccn1)N1C(=O)[C@@H]2[C@H](C1=O)[C@H]1C=C[C@H]2CC1. The maximum atomic E-state index is 13.0. The zero-order valence-corrected chi connectivity index (χ0v) is 14.1. The van der Waals surface area contributed by atoms with Gasteiger partial charge in [0.25, 0.3) is 0 Å². The highest BCUT2D eigenvalue weighted by atomic mass is 16.2. The van der Waals surface area contributed by atoms with Crippen LogP contribution in [0.25, 0.3) is 0 Å². The fourth-order valence-electron chi connectivity index (χ4n) is 4.54. The van der Waals surface area contributed by atoms with Gasteiger partial charge in [0.15, 0.2) is 0 Å². The smallest absolute Gasteiger partial charge is 0.248 e. The number of hydrogen-bond acceptors (Lipinski definition) is 4. The molecule has 2 bridgehead atoms. The van der Waals surface area contributed by atoms with Gasteiger partial charge < -0.3 is 5.32 Å². The fraction of sp³-hybridized carbons (Fsp3) is 0.474. The van der Waals surface area contributed by atoms with Gasteiger partial charge in [-0.15, -0.1) is 0 Å². The maximum absolute atomic E-state index is 13.0. The van der Waals surface area contributed by atoms with Gasteiger partial charge in [0.1, 0.15) is 11.9 Å². The summed E-state index contributed by atoms with van der Waals surface area (Å²) in [5.41, 5.74) is 0. The van der Waals surface area contributed by atoms with Gasteiger partial charge in [-0.2, -0.15) is 0 Å². The molecule has 0 radical (unpaired) electrons. The van der Waals surface area contributed by atoms with Crippen LogP contribution in [0.5, 0.6) is 0 Å². The number of nitrogens with one attached hydrogen (secondary N) is 1. The van der Waals surface area contributed by atoms with E-state index in [1.807, 2.05) is 6.92 Å². The first-order chi connectivity index (χ1) is 12.1. The zero-order chi connectivity index (χ0) is 17.6. The van der Waals surface area contributed by atoms with Gasteiger partial charge >= 0.3 is 0 Å². The first-order valence-electron chi connectivity index (χ1n) is 8.89. The lowest BCUT2D eigenvalue weighted by atomic mass is 9.63. The van der Waals surface area contributed by atoms with E-state index in [9.17, 15) is 14.4 Å². The number of likely N-dealkylation sites (tertiary alicyclic amines) is 1. The molecule has 1 aromatic rings. The molecule has 6 nitrogen and oxygen atoms in total. The van der Waals surface area contributed by atoms with Crippen molar-refractivity contribution >= 4 is 23.5 Å². The van der Waals surface area contributed by atoms with Gasteiger partial charge in [-0.05, 0) is 43.2 Å².